The number of aryl methyl sites for hydroxylation is 1. The summed E-state index contributed by atoms with van der Waals surface area (Å²) in [7, 11) is 3.63. The number of nitrogens with zero attached hydrogens (tertiary/aromatic N) is 3. The van der Waals surface area contributed by atoms with Crippen LogP contribution in [0.3, 0.4) is 0 Å². The Morgan fingerprint density at radius 1 is 1.23 bits per heavy atom. The van der Waals surface area contributed by atoms with Gasteiger partial charge in [-0.3, -0.25) is 0 Å². The van der Waals surface area contributed by atoms with Crippen molar-refractivity contribution in [2.75, 3.05) is 32.2 Å². The number of hydrogen-bond donors (Lipinski definition) is 0. The standard InChI is InChI=1S/C17H19N3O2/c1-13-9-16(11-17(19-13)20(2)7-8-21-3)22-15-6-4-5-14(10-15)12-18/h4-6,9-11H,7-8H2,1-3H3. The van der Waals surface area contributed by atoms with Crippen LogP contribution in [0.2, 0.25) is 0 Å². The summed E-state index contributed by atoms with van der Waals surface area (Å²) in [6.07, 6.45) is 0. The number of anilines is 1. The van der Waals surface area contributed by atoms with Crippen LogP contribution in [0.25, 0.3) is 0 Å². The van der Waals surface area contributed by atoms with Crippen LogP contribution in [-0.2, 0) is 4.74 Å². The van der Waals surface area contributed by atoms with Crippen LogP contribution in [-0.4, -0.2) is 32.3 Å². The van der Waals surface area contributed by atoms with Gasteiger partial charge >= 0.3 is 0 Å². The van der Waals surface area contributed by atoms with E-state index in [1.165, 1.54) is 0 Å². The zero-order valence-corrected chi connectivity index (χ0v) is 13.0. The molecule has 0 saturated carbocycles. The lowest BCUT2D eigenvalue weighted by atomic mass is 10.2. The summed E-state index contributed by atoms with van der Waals surface area (Å²) < 4.78 is 10.9. The van der Waals surface area contributed by atoms with Crippen molar-refractivity contribution in [3.05, 3.63) is 47.7 Å². The van der Waals surface area contributed by atoms with E-state index in [0.29, 0.717) is 23.7 Å². The quantitative estimate of drug-likeness (QED) is 0.820. The lowest BCUT2D eigenvalue weighted by Crippen LogP contribution is -2.23. The molecule has 0 unspecified atom stereocenters. The van der Waals surface area contributed by atoms with Crippen molar-refractivity contribution in [2.24, 2.45) is 0 Å². The first-order valence-electron chi connectivity index (χ1n) is 6.99. The van der Waals surface area contributed by atoms with Crippen LogP contribution < -0.4 is 9.64 Å². The van der Waals surface area contributed by atoms with Gasteiger partial charge in [0.05, 0.1) is 18.2 Å². The van der Waals surface area contributed by atoms with Crippen LogP contribution >= 0.6 is 0 Å². The molecule has 0 aliphatic rings. The summed E-state index contributed by atoms with van der Waals surface area (Å²) in [5, 5.41) is 8.94. The molecule has 0 radical (unpaired) electrons. The molecule has 0 spiro atoms. The Labute approximate surface area is 130 Å². The fraction of sp³-hybridized carbons (Fsp3) is 0.294. The third-order valence-electron chi connectivity index (χ3n) is 3.13. The Bertz CT molecular complexity index is 680. The van der Waals surface area contributed by atoms with Gasteiger partial charge in [0, 0.05) is 38.5 Å². The summed E-state index contributed by atoms with van der Waals surface area (Å²) >= 11 is 0. The molecule has 0 bridgehead atoms. The molecule has 1 aromatic heterocycles. The van der Waals surface area contributed by atoms with E-state index in [9.17, 15) is 0 Å². The van der Waals surface area contributed by atoms with Gasteiger partial charge < -0.3 is 14.4 Å². The molecular weight excluding hydrogens is 278 g/mol. The van der Waals surface area contributed by atoms with Gasteiger partial charge in [-0.25, -0.2) is 4.98 Å². The molecule has 114 valence electrons. The Morgan fingerprint density at radius 3 is 2.77 bits per heavy atom. The van der Waals surface area contributed by atoms with Gasteiger partial charge in [0.1, 0.15) is 17.3 Å². The molecular formula is C17H19N3O2. The fourth-order valence-electron chi connectivity index (χ4n) is 1.98. The molecule has 0 atom stereocenters. The Hall–Kier alpha value is -2.58. The van der Waals surface area contributed by atoms with E-state index >= 15 is 0 Å². The highest BCUT2D eigenvalue weighted by Gasteiger charge is 2.07. The number of pyridine rings is 1. The Balaban J connectivity index is 2.20. The zero-order valence-electron chi connectivity index (χ0n) is 13.0. The number of likely N-dealkylation sites (N-methyl/N-ethyl adjacent to an activating group) is 1. The van der Waals surface area contributed by atoms with Crippen molar-refractivity contribution in [1.82, 2.24) is 4.98 Å². The first-order chi connectivity index (χ1) is 10.6. The second-order valence-electron chi connectivity index (χ2n) is 4.96. The summed E-state index contributed by atoms with van der Waals surface area (Å²) in [4.78, 5) is 6.51. The molecule has 5 nitrogen and oxygen atoms in total. The van der Waals surface area contributed by atoms with E-state index in [1.807, 2.05) is 37.1 Å². The van der Waals surface area contributed by atoms with Gasteiger partial charge in [0.2, 0.25) is 0 Å². The first-order valence-corrected chi connectivity index (χ1v) is 6.99. The normalized spacial score (nSPS) is 10.1. The van der Waals surface area contributed by atoms with Crippen molar-refractivity contribution in [3.63, 3.8) is 0 Å². The topological polar surface area (TPSA) is 58.4 Å². The van der Waals surface area contributed by atoms with E-state index in [-0.39, 0.29) is 0 Å². The second kappa shape index (κ2) is 7.43. The molecule has 0 fully saturated rings. The highest BCUT2D eigenvalue weighted by atomic mass is 16.5. The molecule has 0 saturated heterocycles. The van der Waals surface area contributed by atoms with Gasteiger partial charge in [-0.1, -0.05) is 6.07 Å². The molecule has 5 heteroatoms. The lowest BCUT2D eigenvalue weighted by Gasteiger charge is -2.19. The summed E-state index contributed by atoms with van der Waals surface area (Å²) in [6, 6.07) is 12.9. The Morgan fingerprint density at radius 2 is 2.05 bits per heavy atom. The molecule has 0 N–H and O–H groups in total. The van der Waals surface area contributed by atoms with E-state index in [1.54, 1.807) is 25.3 Å². The predicted octanol–water partition coefficient (Wildman–Crippen LogP) is 3.14. The highest BCUT2D eigenvalue weighted by molar-refractivity contribution is 5.47. The molecule has 1 aromatic carbocycles. The largest absolute Gasteiger partial charge is 0.457 e. The van der Waals surface area contributed by atoms with Crippen molar-refractivity contribution < 1.29 is 9.47 Å². The van der Waals surface area contributed by atoms with Gasteiger partial charge in [0.25, 0.3) is 0 Å². The van der Waals surface area contributed by atoms with Crippen molar-refractivity contribution in [3.8, 4) is 17.6 Å². The van der Waals surface area contributed by atoms with E-state index in [0.717, 1.165) is 18.1 Å². The van der Waals surface area contributed by atoms with E-state index in [2.05, 4.69) is 11.1 Å². The number of nitriles is 1. The Kier molecular flexibility index (Phi) is 5.34. The molecule has 2 aromatic rings. The number of methoxy groups -OCH3 is 1. The number of benzene rings is 1. The molecule has 2 rings (SSSR count). The number of hydrogen-bond acceptors (Lipinski definition) is 5. The smallest absolute Gasteiger partial charge is 0.132 e. The lowest BCUT2D eigenvalue weighted by molar-refractivity contribution is 0.206. The van der Waals surface area contributed by atoms with Crippen LogP contribution in [0.4, 0.5) is 5.82 Å². The van der Waals surface area contributed by atoms with Gasteiger partial charge in [-0.15, -0.1) is 0 Å². The maximum Gasteiger partial charge on any atom is 0.132 e. The van der Waals surface area contributed by atoms with Crippen LogP contribution in [0.1, 0.15) is 11.3 Å². The van der Waals surface area contributed by atoms with E-state index < -0.39 is 0 Å². The summed E-state index contributed by atoms with van der Waals surface area (Å²) in [5.74, 6) is 2.15. The summed E-state index contributed by atoms with van der Waals surface area (Å²) in [5.41, 5.74) is 1.44. The van der Waals surface area contributed by atoms with Crippen molar-refractivity contribution in [2.45, 2.75) is 6.92 Å². The number of ether oxygens (including phenoxy) is 2. The minimum atomic E-state index is 0.570. The number of rotatable bonds is 6. The minimum absolute atomic E-state index is 0.570. The first kappa shape index (κ1) is 15.8. The number of aromatic nitrogens is 1. The van der Waals surface area contributed by atoms with Gasteiger partial charge in [0.15, 0.2) is 0 Å². The zero-order chi connectivity index (χ0) is 15.9. The maximum atomic E-state index is 8.94. The van der Waals surface area contributed by atoms with E-state index in [4.69, 9.17) is 14.7 Å². The molecule has 0 aliphatic heterocycles. The summed E-state index contributed by atoms with van der Waals surface area (Å²) in [6.45, 7) is 3.30. The minimum Gasteiger partial charge on any atom is -0.457 e. The van der Waals surface area contributed by atoms with Crippen molar-refractivity contribution >= 4 is 5.82 Å². The third-order valence-corrected chi connectivity index (χ3v) is 3.13. The molecule has 22 heavy (non-hydrogen) atoms. The van der Waals surface area contributed by atoms with Crippen molar-refractivity contribution in [1.29, 1.82) is 5.26 Å². The SMILES string of the molecule is COCCN(C)c1cc(Oc2cccc(C#N)c2)cc(C)n1. The van der Waals surface area contributed by atoms with Gasteiger partial charge in [-0.2, -0.15) is 5.26 Å². The molecule has 1 heterocycles. The van der Waals surface area contributed by atoms with Gasteiger partial charge in [-0.05, 0) is 25.1 Å². The molecule has 0 aliphatic carbocycles. The second-order valence-corrected chi connectivity index (χ2v) is 4.96. The monoisotopic (exact) mass is 297 g/mol. The molecule has 0 amide bonds. The fourth-order valence-corrected chi connectivity index (χ4v) is 1.98. The average Bonchev–Trinajstić information content (AvgIpc) is 2.52. The maximum absolute atomic E-state index is 8.94. The predicted molar refractivity (Wildman–Crippen MR) is 85.4 cm³/mol. The van der Waals surface area contributed by atoms with Crippen LogP contribution in [0.15, 0.2) is 36.4 Å². The van der Waals surface area contributed by atoms with Crippen LogP contribution in [0, 0.1) is 18.3 Å². The van der Waals surface area contributed by atoms with Crippen LogP contribution in [0.5, 0.6) is 11.5 Å². The highest BCUT2D eigenvalue weighted by Crippen LogP contribution is 2.26. The third kappa shape index (κ3) is 4.21. The average molecular weight is 297 g/mol.